The van der Waals surface area contributed by atoms with E-state index >= 15 is 0 Å². The average Bonchev–Trinajstić information content (AvgIpc) is 2.40. The zero-order chi connectivity index (χ0) is 8.27. The van der Waals surface area contributed by atoms with Crippen LogP contribution in [0.3, 0.4) is 0 Å². The summed E-state index contributed by atoms with van der Waals surface area (Å²) in [7, 11) is 0. The second-order valence-electron chi connectivity index (χ2n) is 2.16. The summed E-state index contributed by atoms with van der Waals surface area (Å²) in [6, 6.07) is 0. The van der Waals surface area contributed by atoms with Crippen molar-refractivity contribution in [1.29, 1.82) is 0 Å². The predicted octanol–water partition coefficient (Wildman–Crippen LogP) is 1.18. The first-order chi connectivity index (χ1) is 5.25. The molecule has 0 spiro atoms. The van der Waals surface area contributed by atoms with E-state index in [0.29, 0.717) is 12.1 Å². The Labute approximate surface area is 69.2 Å². The second kappa shape index (κ2) is 3.61. The highest BCUT2D eigenvalue weighted by molar-refractivity contribution is 8.03. The standard InChI is InChI=1S/C6H10N2O2S/c1-2-5(8(9)10)6-7-3-4-11-6/h7H,2-4H2,1H3. The number of nitrogens with zero attached hydrogens (tertiary/aromatic N) is 1. The minimum atomic E-state index is -0.305. The van der Waals surface area contributed by atoms with Gasteiger partial charge in [0.15, 0.2) is 0 Å². The van der Waals surface area contributed by atoms with E-state index in [9.17, 15) is 10.1 Å². The Morgan fingerprint density at radius 1 is 1.91 bits per heavy atom. The highest BCUT2D eigenvalue weighted by Gasteiger charge is 2.19. The van der Waals surface area contributed by atoms with Crippen LogP contribution in [0.1, 0.15) is 13.3 Å². The Bertz CT molecular complexity index is 195. The zero-order valence-corrected chi connectivity index (χ0v) is 7.11. The molecule has 1 rings (SSSR count). The zero-order valence-electron chi connectivity index (χ0n) is 6.29. The fraction of sp³-hybridized carbons (Fsp3) is 0.667. The molecule has 1 heterocycles. The summed E-state index contributed by atoms with van der Waals surface area (Å²) in [4.78, 5) is 10.1. The summed E-state index contributed by atoms with van der Waals surface area (Å²) in [6.45, 7) is 2.64. The Morgan fingerprint density at radius 3 is 3.00 bits per heavy atom. The van der Waals surface area contributed by atoms with Crippen molar-refractivity contribution in [3.8, 4) is 0 Å². The molecule has 1 fully saturated rings. The van der Waals surface area contributed by atoms with Crippen LogP contribution < -0.4 is 5.32 Å². The van der Waals surface area contributed by atoms with Crippen LogP contribution in [0.4, 0.5) is 0 Å². The van der Waals surface area contributed by atoms with Gasteiger partial charge in [-0.05, 0) is 0 Å². The second-order valence-corrected chi connectivity index (χ2v) is 3.27. The first-order valence-corrected chi connectivity index (χ1v) is 4.48. The highest BCUT2D eigenvalue weighted by atomic mass is 32.2. The summed E-state index contributed by atoms with van der Waals surface area (Å²) in [5.74, 6) is 0.937. The molecule has 0 aromatic heterocycles. The van der Waals surface area contributed by atoms with Crippen molar-refractivity contribution in [2.45, 2.75) is 13.3 Å². The Hall–Kier alpha value is -0.710. The Balaban J connectivity index is 2.78. The summed E-state index contributed by atoms with van der Waals surface area (Å²) in [5.41, 5.74) is 0.313. The summed E-state index contributed by atoms with van der Waals surface area (Å²) < 4.78 is 0. The molecular weight excluding hydrogens is 164 g/mol. The van der Waals surface area contributed by atoms with Crippen LogP contribution in [-0.4, -0.2) is 17.2 Å². The van der Waals surface area contributed by atoms with Crippen molar-refractivity contribution in [3.05, 3.63) is 20.8 Å². The molecule has 0 radical (unpaired) electrons. The van der Waals surface area contributed by atoms with Gasteiger partial charge in [-0.2, -0.15) is 0 Å². The maximum atomic E-state index is 10.4. The van der Waals surface area contributed by atoms with Gasteiger partial charge in [0.05, 0.1) is 4.92 Å². The van der Waals surface area contributed by atoms with Crippen LogP contribution in [-0.2, 0) is 0 Å². The van der Waals surface area contributed by atoms with Gasteiger partial charge in [0.25, 0.3) is 5.70 Å². The maximum absolute atomic E-state index is 10.4. The van der Waals surface area contributed by atoms with Gasteiger partial charge in [0.2, 0.25) is 0 Å². The predicted molar refractivity (Wildman–Crippen MR) is 44.8 cm³/mol. The molecular formula is C6H10N2O2S. The number of allylic oxidation sites excluding steroid dienone is 1. The molecule has 0 aromatic rings. The van der Waals surface area contributed by atoms with Gasteiger partial charge in [-0.15, -0.1) is 11.8 Å². The van der Waals surface area contributed by atoms with Gasteiger partial charge in [0.1, 0.15) is 5.03 Å². The van der Waals surface area contributed by atoms with Crippen molar-refractivity contribution in [2.24, 2.45) is 0 Å². The van der Waals surface area contributed by atoms with Gasteiger partial charge in [0, 0.05) is 18.7 Å². The quantitative estimate of drug-likeness (QED) is 0.504. The molecule has 0 bridgehead atoms. The van der Waals surface area contributed by atoms with Crippen LogP contribution in [0, 0.1) is 10.1 Å². The molecule has 62 valence electrons. The van der Waals surface area contributed by atoms with Crippen LogP contribution in [0.5, 0.6) is 0 Å². The molecule has 5 heteroatoms. The lowest BCUT2D eigenvalue weighted by molar-refractivity contribution is -0.428. The van der Waals surface area contributed by atoms with Crippen LogP contribution in [0.15, 0.2) is 10.7 Å². The highest BCUT2D eigenvalue weighted by Crippen LogP contribution is 2.23. The first-order valence-electron chi connectivity index (χ1n) is 3.50. The fourth-order valence-electron chi connectivity index (χ4n) is 0.927. The average molecular weight is 174 g/mol. The van der Waals surface area contributed by atoms with Gasteiger partial charge in [-0.1, -0.05) is 6.92 Å². The van der Waals surface area contributed by atoms with E-state index in [4.69, 9.17) is 0 Å². The van der Waals surface area contributed by atoms with E-state index in [1.54, 1.807) is 6.92 Å². The molecule has 0 aliphatic carbocycles. The lowest BCUT2D eigenvalue weighted by Gasteiger charge is -1.98. The van der Waals surface area contributed by atoms with Crippen molar-refractivity contribution >= 4 is 11.8 Å². The molecule has 0 amide bonds. The van der Waals surface area contributed by atoms with E-state index in [-0.39, 0.29) is 4.92 Å². The molecule has 0 atom stereocenters. The monoisotopic (exact) mass is 174 g/mol. The van der Waals surface area contributed by atoms with Crippen molar-refractivity contribution in [3.63, 3.8) is 0 Å². The smallest absolute Gasteiger partial charge is 0.275 e. The summed E-state index contributed by atoms with van der Waals surface area (Å²) >= 11 is 1.53. The Kier molecular flexibility index (Phi) is 2.76. The van der Waals surface area contributed by atoms with Crippen molar-refractivity contribution in [1.82, 2.24) is 5.32 Å². The van der Waals surface area contributed by atoms with Gasteiger partial charge in [-0.25, -0.2) is 0 Å². The van der Waals surface area contributed by atoms with E-state index in [0.717, 1.165) is 17.3 Å². The number of nitrogens with one attached hydrogen (secondary N) is 1. The Morgan fingerprint density at radius 2 is 2.64 bits per heavy atom. The fourth-order valence-corrected chi connectivity index (χ4v) is 1.92. The first kappa shape index (κ1) is 8.39. The van der Waals surface area contributed by atoms with E-state index in [1.165, 1.54) is 11.8 Å². The number of thioether (sulfide) groups is 1. The van der Waals surface area contributed by atoms with E-state index in [2.05, 4.69) is 5.32 Å². The molecule has 0 saturated carbocycles. The molecule has 4 nitrogen and oxygen atoms in total. The summed E-state index contributed by atoms with van der Waals surface area (Å²) in [6.07, 6.45) is 0.488. The molecule has 1 N–H and O–H groups in total. The third-order valence-electron chi connectivity index (χ3n) is 1.45. The SMILES string of the molecule is CCC(=C1NCCS1)[N+](=O)[O-]. The van der Waals surface area contributed by atoms with Crippen LogP contribution in [0.25, 0.3) is 0 Å². The van der Waals surface area contributed by atoms with Crippen LogP contribution >= 0.6 is 11.8 Å². The van der Waals surface area contributed by atoms with Crippen molar-refractivity contribution in [2.75, 3.05) is 12.3 Å². The lowest BCUT2D eigenvalue weighted by Crippen LogP contribution is -2.10. The lowest BCUT2D eigenvalue weighted by atomic mass is 10.4. The van der Waals surface area contributed by atoms with Gasteiger partial charge in [-0.3, -0.25) is 10.1 Å². The number of hydrogen-bond acceptors (Lipinski definition) is 4. The summed E-state index contributed by atoms with van der Waals surface area (Å²) in [5, 5.41) is 14.1. The van der Waals surface area contributed by atoms with Crippen LogP contribution in [0.2, 0.25) is 0 Å². The molecule has 11 heavy (non-hydrogen) atoms. The molecule has 0 unspecified atom stereocenters. The number of hydrogen-bond donors (Lipinski definition) is 1. The van der Waals surface area contributed by atoms with Gasteiger partial charge >= 0.3 is 0 Å². The molecule has 0 aromatic carbocycles. The topological polar surface area (TPSA) is 55.2 Å². The largest absolute Gasteiger partial charge is 0.374 e. The molecule has 1 aliphatic heterocycles. The van der Waals surface area contributed by atoms with Gasteiger partial charge < -0.3 is 5.32 Å². The third kappa shape index (κ3) is 1.86. The normalized spacial score (nSPS) is 21.2. The molecule has 1 saturated heterocycles. The minimum absolute atomic E-state index is 0.305. The minimum Gasteiger partial charge on any atom is -0.374 e. The van der Waals surface area contributed by atoms with E-state index in [1.807, 2.05) is 0 Å². The number of nitro groups is 1. The molecule has 1 aliphatic rings. The maximum Gasteiger partial charge on any atom is 0.275 e. The third-order valence-corrected chi connectivity index (χ3v) is 2.53. The number of rotatable bonds is 2. The van der Waals surface area contributed by atoms with E-state index < -0.39 is 0 Å². The van der Waals surface area contributed by atoms with Crippen molar-refractivity contribution < 1.29 is 4.92 Å².